The van der Waals surface area contributed by atoms with Crippen LogP contribution in [0.3, 0.4) is 0 Å². The number of fused-ring (bicyclic) bond motifs is 16. The molecule has 0 unspecified atom stereocenters. The molecule has 10 nitrogen and oxygen atoms in total. The molecule has 0 bridgehead atoms. The molecule has 8 heterocycles. The Morgan fingerprint density at radius 2 is 0.456 bits per heavy atom. The first-order valence-corrected chi connectivity index (χ1v) is 46.4. The molecule has 8 aromatic heterocycles. The highest BCUT2D eigenvalue weighted by atomic mass is 15.1. The molecule has 21 aromatic carbocycles. The number of para-hydroxylation sites is 6. The number of nitrogens with zero attached hydrogens (tertiary/aromatic N) is 10. The average molecular weight is 1730 g/mol. The summed E-state index contributed by atoms with van der Waals surface area (Å²) in [4.78, 5) is 32.1. The molecule has 0 saturated carbocycles. The van der Waals surface area contributed by atoms with E-state index in [0.717, 1.165) is 134 Å². The lowest BCUT2D eigenvalue weighted by molar-refractivity contribution is 1.08. The third-order valence-electron chi connectivity index (χ3n) is 28.5. The molecule has 0 aliphatic heterocycles. The van der Waals surface area contributed by atoms with E-state index < -0.39 is 0 Å². The van der Waals surface area contributed by atoms with E-state index in [1.54, 1.807) is 0 Å². The molecule has 0 amide bonds. The zero-order chi connectivity index (χ0) is 88.9. The lowest BCUT2D eigenvalue weighted by Gasteiger charge is -2.16. The van der Waals surface area contributed by atoms with Crippen molar-refractivity contribution in [1.82, 2.24) is 48.0 Å². The molecule has 0 N–H and O–H groups in total. The fourth-order valence-electron chi connectivity index (χ4n) is 22.6. The van der Waals surface area contributed by atoms with Gasteiger partial charge in [-0.2, -0.15) is 0 Å². The summed E-state index contributed by atoms with van der Waals surface area (Å²) in [6.07, 6.45) is 0. The molecule has 29 aromatic rings. The van der Waals surface area contributed by atoms with Gasteiger partial charge in [-0.05, 0) is 178 Å². The first kappa shape index (κ1) is 75.4. The van der Waals surface area contributed by atoms with Crippen molar-refractivity contribution in [3.63, 3.8) is 0 Å². The van der Waals surface area contributed by atoms with Gasteiger partial charge in [0.1, 0.15) is 17.1 Å². The van der Waals surface area contributed by atoms with E-state index in [1.807, 2.05) is 42.5 Å². The minimum Gasteiger partial charge on any atom is -0.308 e. The van der Waals surface area contributed by atoms with Crippen molar-refractivity contribution < 1.29 is 0 Å². The summed E-state index contributed by atoms with van der Waals surface area (Å²) in [5.74, 6) is 2.51. The van der Waals surface area contributed by atoms with Crippen molar-refractivity contribution in [3.8, 4) is 118 Å². The smallest absolute Gasteiger partial charge is 0.165 e. The van der Waals surface area contributed by atoms with Crippen LogP contribution in [0.2, 0.25) is 0 Å². The monoisotopic (exact) mass is 1730 g/mol. The lowest BCUT2D eigenvalue weighted by atomic mass is 9.93. The lowest BCUT2D eigenvalue weighted by Crippen LogP contribution is -2.04. The van der Waals surface area contributed by atoms with Crippen molar-refractivity contribution in [2.75, 3.05) is 0 Å². The van der Waals surface area contributed by atoms with Crippen LogP contribution in [-0.2, 0) is 0 Å². The molecule has 628 valence electrons. The number of aromatic nitrogens is 10. The van der Waals surface area contributed by atoms with Crippen molar-refractivity contribution in [2.24, 2.45) is 0 Å². The highest BCUT2D eigenvalue weighted by Gasteiger charge is 2.32. The molecule has 31 rings (SSSR count). The average Bonchev–Trinajstić information content (AvgIpc) is 1.53. The SMILES string of the molecule is c1ccc(-c2ccc(-c3ccc(-c4nc5ccccc5nc4-n4c5cccc6c7cccc8c9ccccc9n(c9cccc4c9c65)c78)cc3)cc2)cc1.c1ccc(-c2nc3ccc4ccccc4c3nc2-n2c3cccc4c3c3c5c(cccc5ccc32)-c2ccccc2-4)cc1.c1ccc(-c2nc3ccccc3nc2-n2c3cccc4c3c3c5c(cccc5ccc32)-c2ccccc2-4)cc1. The number of rotatable bonds is 8. The first-order chi connectivity index (χ1) is 67.5. The van der Waals surface area contributed by atoms with Crippen LogP contribution in [0.1, 0.15) is 0 Å². The molecule has 0 atom stereocenters. The number of benzene rings is 21. The molecule has 0 spiro atoms. The van der Waals surface area contributed by atoms with Gasteiger partial charge < -0.3 is 4.40 Å². The van der Waals surface area contributed by atoms with Gasteiger partial charge in [0.15, 0.2) is 17.5 Å². The summed E-state index contributed by atoms with van der Waals surface area (Å²) >= 11 is 0. The van der Waals surface area contributed by atoms with E-state index in [2.05, 4.69) is 425 Å². The van der Waals surface area contributed by atoms with Gasteiger partial charge >= 0.3 is 0 Å². The normalized spacial score (nSPS) is 12.1. The molecular formula is C126H74N10. The summed E-state index contributed by atoms with van der Waals surface area (Å²) < 4.78 is 9.51. The Morgan fingerprint density at radius 3 is 0.978 bits per heavy atom. The van der Waals surface area contributed by atoms with Crippen molar-refractivity contribution in [1.29, 1.82) is 0 Å². The molecule has 0 saturated heterocycles. The van der Waals surface area contributed by atoms with Crippen molar-refractivity contribution >= 4 is 169 Å². The van der Waals surface area contributed by atoms with Crippen LogP contribution in [0.4, 0.5) is 0 Å². The molecule has 2 aliphatic carbocycles. The molecule has 2 aliphatic rings. The van der Waals surface area contributed by atoms with E-state index in [0.29, 0.717) is 0 Å². The van der Waals surface area contributed by atoms with Gasteiger partial charge in [0.2, 0.25) is 0 Å². The van der Waals surface area contributed by atoms with Gasteiger partial charge in [0, 0.05) is 70.6 Å². The van der Waals surface area contributed by atoms with Crippen LogP contribution in [0.25, 0.3) is 287 Å². The van der Waals surface area contributed by atoms with E-state index in [1.165, 1.54) is 153 Å². The zero-order valence-electron chi connectivity index (χ0n) is 73.2. The minimum absolute atomic E-state index is 0.819. The third kappa shape index (κ3) is 11.2. The van der Waals surface area contributed by atoms with Crippen LogP contribution in [-0.4, -0.2) is 48.0 Å². The highest BCUT2D eigenvalue weighted by molar-refractivity contribution is 6.34. The maximum absolute atomic E-state index is 5.52. The minimum atomic E-state index is 0.819. The molecule has 0 radical (unpaired) electrons. The molecule has 10 heteroatoms. The first-order valence-electron chi connectivity index (χ1n) is 46.4. The van der Waals surface area contributed by atoms with E-state index in [9.17, 15) is 0 Å². The second-order valence-electron chi connectivity index (χ2n) is 35.7. The van der Waals surface area contributed by atoms with Gasteiger partial charge in [0.25, 0.3) is 0 Å². The highest BCUT2D eigenvalue weighted by Crippen LogP contribution is 2.54. The molecule has 136 heavy (non-hydrogen) atoms. The fraction of sp³-hybridized carbons (Fsp3) is 0. The third-order valence-corrected chi connectivity index (χ3v) is 28.5. The van der Waals surface area contributed by atoms with Gasteiger partial charge in [-0.3, -0.25) is 13.7 Å². The van der Waals surface area contributed by atoms with Crippen LogP contribution in [0.15, 0.2) is 449 Å². The van der Waals surface area contributed by atoms with Crippen molar-refractivity contribution in [3.05, 3.63) is 449 Å². The van der Waals surface area contributed by atoms with Gasteiger partial charge in [-0.15, -0.1) is 0 Å². The Kier molecular flexibility index (Phi) is 16.4. The van der Waals surface area contributed by atoms with Crippen LogP contribution in [0.5, 0.6) is 0 Å². The number of hydrogen-bond acceptors (Lipinski definition) is 6. The molecule has 0 fully saturated rings. The Morgan fingerprint density at radius 1 is 0.147 bits per heavy atom. The Bertz CT molecular complexity index is 10100. The van der Waals surface area contributed by atoms with E-state index >= 15 is 0 Å². The molecular weight excluding hydrogens is 1650 g/mol. The Labute approximate surface area is 778 Å². The zero-order valence-corrected chi connectivity index (χ0v) is 73.2. The predicted molar refractivity (Wildman–Crippen MR) is 565 cm³/mol. The van der Waals surface area contributed by atoms with E-state index in [-0.39, 0.29) is 0 Å². The summed E-state index contributed by atoms with van der Waals surface area (Å²) in [6.45, 7) is 0. The number of hydrogen-bond donors (Lipinski definition) is 0. The standard InChI is InChI=1S/C50H30N4.C40H23N3.C36H21N3/c1-2-11-31(12-3-1)32-23-25-33(26-24-32)34-27-29-35(30-28-34)48-50(52-41-18-6-5-17-40(41)51-48)54-43-20-9-14-37-39-16-8-15-38-36-13-4-7-19-42(36)53(49(38)39)44-21-10-22-45(54)47(44)46(37)43;1-2-11-26(12-3-1)38-40(42-39-27-14-5-4-10-24(27)20-22-32(39)41-38)43-33-19-9-18-31-29-16-7-6-15-28(29)30-17-8-13-25-21-23-34(43)37(35(25)30)36(31)33;1-2-10-23(11-3-1)35-36(38-29-18-7-6-17-28(29)37-35)39-30-19-9-16-27-25-14-5-4-13-24(25)26-15-8-12-22-20-21-31(39)34(32(22)26)33(27)30/h1-30H;1-23H;1-21H. The quantitative estimate of drug-likeness (QED) is 0.141. The summed E-state index contributed by atoms with van der Waals surface area (Å²) in [6, 6.07) is 160. The predicted octanol–water partition coefficient (Wildman–Crippen LogP) is 32.4. The van der Waals surface area contributed by atoms with Crippen molar-refractivity contribution in [2.45, 2.75) is 0 Å². The second kappa shape index (κ2) is 29.6. The summed E-state index contributed by atoms with van der Waals surface area (Å²) in [5, 5.41) is 19.9. The van der Waals surface area contributed by atoms with Gasteiger partial charge in [-0.1, -0.05) is 370 Å². The largest absolute Gasteiger partial charge is 0.308 e. The topological polar surface area (TPSA) is 96.5 Å². The van der Waals surface area contributed by atoms with Crippen LogP contribution >= 0.6 is 0 Å². The second-order valence-corrected chi connectivity index (χ2v) is 35.7. The van der Waals surface area contributed by atoms with Gasteiger partial charge in [0.05, 0.1) is 82.8 Å². The summed E-state index contributed by atoms with van der Waals surface area (Å²) in [5.41, 5.74) is 36.4. The maximum atomic E-state index is 5.52. The fourth-order valence-corrected chi connectivity index (χ4v) is 22.6. The maximum Gasteiger partial charge on any atom is 0.165 e. The van der Waals surface area contributed by atoms with Crippen LogP contribution in [0, 0.1) is 0 Å². The van der Waals surface area contributed by atoms with Crippen LogP contribution < -0.4 is 0 Å². The Hall–Kier alpha value is -18.4. The summed E-state index contributed by atoms with van der Waals surface area (Å²) in [7, 11) is 0. The Balaban J connectivity index is 0.000000100. The van der Waals surface area contributed by atoms with E-state index in [4.69, 9.17) is 29.9 Å². The van der Waals surface area contributed by atoms with Gasteiger partial charge in [-0.25, -0.2) is 29.9 Å².